The van der Waals surface area contributed by atoms with Crippen molar-refractivity contribution in [3.8, 4) is 16.9 Å². The molecule has 5 nitrogen and oxygen atoms in total. The van der Waals surface area contributed by atoms with Crippen molar-refractivity contribution in [2.24, 2.45) is 0 Å². The summed E-state index contributed by atoms with van der Waals surface area (Å²) < 4.78 is 5.45. The zero-order chi connectivity index (χ0) is 17.6. The number of hydrogen-bond acceptors (Lipinski definition) is 4. The number of nitrogens with one attached hydrogen (secondary N) is 1. The number of rotatable bonds is 6. The number of thiophene rings is 1. The number of carbonyl (C=O) groups is 2. The Morgan fingerprint density at radius 1 is 0.960 bits per heavy atom. The van der Waals surface area contributed by atoms with Gasteiger partial charge in [-0.3, -0.25) is 4.79 Å². The fraction of sp³-hybridized carbons (Fsp3) is 0.0526. The molecule has 0 aliphatic heterocycles. The Labute approximate surface area is 148 Å². The molecule has 0 atom stereocenters. The van der Waals surface area contributed by atoms with E-state index in [1.54, 1.807) is 17.5 Å². The van der Waals surface area contributed by atoms with Gasteiger partial charge in [-0.25, -0.2) is 4.79 Å². The molecule has 2 N–H and O–H groups in total. The number of hydrogen-bond donors (Lipinski definition) is 2. The summed E-state index contributed by atoms with van der Waals surface area (Å²) in [5.74, 6) is -0.916. The molecule has 0 saturated heterocycles. The van der Waals surface area contributed by atoms with Crippen LogP contribution in [0.3, 0.4) is 0 Å². The van der Waals surface area contributed by atoms with Crippen LogP contribution in [-0.4, -0.2) is 23.6 Å². The van der Waals surface area contributed by atoms with Crippen LogP contribution in [0.5, 0.6) is 5.75 Å². The second-order valence-electron chi connectivity index (χ2n) is 5.23. The maximum Gasteiger partial charge on any atom is 0.338 e. The Balaban J connectivity index is 1.57. The van der Waals surface area contributed by atoms with Crippen molar-refractivity contribution in [1.29, 1.82) is 0 Å². The van der Waals surface area contributed by atoms with Crippen molar-refractivity contribution in [3.63, 3.8) is 0 Å². The van der Waals surface area contributed by atoms with Crippen molar-refractivity contribution in [1.82, 2.24) is 0 Å². The monoisotopic (exact) mass is 353 g/mol. The largest absolute Gasteiger partial charge is 0.484 e. The van der Waals surface area contributed by atoms with Gasteiger partial charge in [0.2, 0.25) is 0 Å². The van der Waals surface area contributed by atoms with Crippen LogP contribution in [0.1, 0.15) is 10.4 Å². The number of anilines is 1. The molecule has 0 aliphatic carbocycles. The third kappa shape index (κ3) is 4.24. The van der Waals surface area contributed by atoms with Crippen molar-refractivity contribution < 1.29 is 19.4 Å². The highest BCUT2D eigenvalue weighted by Crippen LogP contribution is 2.23. The average molecular weight is 353 g/mol. The molecule has 1 aromatic heterocycles. The lowest BCUT2D eigenvalue weighted by Gasteiger charge is -2.08. The third-order valence-electron chi connectivity index (χ3n) is 3.50. The van der Waals surface area contributed by atoms with Gasteiger partial charge in [-0.15, -0.1) is 11.3 Å². The summed E-state index contributed by atoms with van der Waals surface area (Å²) in [7, 11) is 0. The highest BCUT2D eigenvalue weighted by molar-refractivity contribution is 7.08. The highest BCUT2D eigenvalue weighted by atomic mass is 32.1. The lowest BCUT2D eigenvalue weighted by molar-refractivity contribution is -0.118. The summed E-state index contributed by atoms with van der Waals surface area (Å²) in [6, 6.07) is 17.4. The molecule has 0 aliphatic rings. The van der Waals surface area contributed by atoms with Gasteiger partial charge in [0.25, 0.3) is 5.91 Å². The molecule has 25 heavy (non-hydrogen) atoms. The van der Waals surface area contributed by atoms with E-state index >= 15 is 0 Å². The van der Waals surface area contributed by atoms with Gasteiger partial charge in [0.1, 0.15) is 5.75 Å². The van der Waals surface area contributed by atoms with E-state index in [2.05, 4.69) is 5.32 Å². The molecule has 3 rings (SSSR count). The quantitative estimate of drug-likeness (QED) is 0.699. The van der Waals surface area contributed by atoms with Gasteiger partial charge in [0, 0.05) is 10.8 Å². The molecular weight excluding hydrogens is 338 g/mol. The van der Waals surface area contributed by atoms with Crippen LogP contribution in [-0.2, 0) is 4.79 Å². The van der Waals surface area contributed by atoms with Gasteiger partial charge in [-0.1, -0.05) is 42.5 Å². The lowest BCUT2D eigenvalue weighted by Crippen LogP contribution is -2.21. The first-order valence-electron chi connectivity index (χ1n) is 7.51. The predicted octanol–water partition coefficient (Wildman–Crippen LogP) is 4.13. The Kier molecular flexibility index (Phi) is 5.11. The fourth-order valence-electron chi connectivity index (χ4n) is 2.27. The summed E-state index contributed by atoms with van der Waals surface area (Å²) in [6.07, 6.45) is 0. The van der Waals surface area contributed by atoms with Crippen molar-refractivity contribution in [3.05, 3.63) is 70.9 Å². The number of carboxylic acid groups (broad SMARTS) is 1. The minimum absolute atomic E-state index is 0.0746. The van der Waals surface area contributed by atoms with Crippen molar-refractivity contribution in [2.75, 3.05) is 11.9 Å². The van der Waals surface area contributed by atoms with Crippen LogP contribution < -0.4 is 10.1 Å². The summed E-state index contributed by atoms with van der Waals surface area (Å²) in [6.45, 7) is -0.195. The summed E-state index contributed by atoms with van der Waals surface area (Å²) in [4.78, 5) is 22.9. The van der Waals surface area contributed by atoms with Gasteiger partial charge < -0.3 is 15.2 Å². The SMILES string of the molecule is O=C(COc1ccc(-c2ccccc2)cc1)Nc1cscc1C(=O)O. The van der Waals surface area contributed by atoms with E-state index in [4.69, 9.17) is 9.84 Å². The highest BCUT2D eigenvalue weighted by Gasteiger charge is 2.13. The molecule has 0 radical (unpaired) electrons. The first kappa shape index (κ1) is 16.7. The molecule has 0 bridgehead atoms. The number of benzene rings is 2. The standard InChI is InChI=1S/C19H15NO4S/c21-18(20-17-12-25-11-16(17)19(22)23)10-24-15-8-6-14(7-9-15)13-4-2-1-3-5-13/h1-9,11-12H,10H2,(H,20,21)(H,22,23). The Morgan fingerprint density at radius 2 is 1.64 bits per heavy atom. The smallest absolute Gasteiger partial charge is 0.338 e. The van der Waals surface area contributed by atoms with E-state index in [0.29, 0.717) is 5.75 Å². The van der Waals surface area contributed by atoms with Gasteiger partial charge in [0.15, 0.2) is 6.61 Å². The minimum Gasteiger partial charge on any atom is -0.484 e. The van der Waals surface area contributed by atoms with Crippen LogP contribution in [0, 0.1) is 0 Å². The third-order valence-corrected chi connectivity index (χ3v) is 4.24. The number of carbonyl (C=O) groups excluding carboxylic acids is 1. The van der Waals surface area contributed by atoms with Crippen LogP contribution in [0.4, 0.5) is 5.69 Å². The molecule has 2 aromatic carbocycles. The average Bonchev–Trinajstić information content (AvgIpc) is 3.09. The number of amides is 1. The summed E-state index contributed by atoms with van der Waals surface area (Å²) in [5.41, 5.74) is 2.52. The lowest BCUT2D eigenvalue weighted by atomic mass is 10.1. The second-order valence-corrected chi connectivity index (χ2v) is 5.98. The van der Waals surface area contributed by atoms with E-state index in [0.717, 1.165) is 11.1 Å². The Morgan fingerprint density at radius 3 is 2.32 bits per heavy atom. The van der Waals surface area contributed by atoms with E-state index in [-0.39, 0.29) is 17.9 Å². The van der Waals surface area contributed by atoms with Gasteiger partial charge >= 0.3 is 5.97 Å². The zero-order valence-corrected chi connectivity index (χ0v) is 14.0. The molecule has 0 saturated carbocycles. The normalized spacial score (nSPS) is 10.2. The van der Waals surface area contributed by atoms with E-state index in [9.17, 15) is 9.59 Å². The molecular formula is C19H15NO4S. The molecule has 0 fully saturated rings. The number of carboxylic acids is 1. The van der Waals surface area contributed by atoms with Crippen molar-refractivity contribution in [2.45, 2.75) is 0 Å². The van der Waals surface area contributed by atoms with E-state index in [1.807, 2.05) is 42.5 Å². The number of aromatic carboxylic acids is 1. The molecule has 1 amide bonds. The van der Waals surface area contributed by atoms with Gasteiger partial charge in [0.05, 0.1) is 11.3 Å². The zero-order valence-electron chi connectivity index (χ0n) is 13.1. The van der Waals surface area contributed by atoms with Gasteiger partial charge in [-0.05, 0) is 23.3 Å². The Hall–Kier alpha value is -3.12. The van der Waals surface area contributed by atoms with E-state index < -0.39 is 11.9 Å². The maximum atomic E-state index is 11.9. The Bertz CT molecular complexity index is 872. The molecule has 0 unspecified atom stereocenters. The van der Waals surface area contributed by atoms with Crippen LogP contribution in [0.2, 0.25) is 0 Å². The van der Waals surface area contributed by atoms with Crippen LogP contribution >= 0.6 is 11.3 Å². The maximum absolute atomic E-state index is 11.9. The molecule has 3 aromatic rings. The van der Waals surface area contributed by atoms with Gasteiger partial charge in [-0.2, -0.15) is 0 Å². The number of ether oxygens (including phenoxy) is 1. The van der Waals surface area contributed by atoms with E-state index in [1.165, 1.54) is 16.7 Å². The molecule has 0 spiro atoms. The van der Waals surface area contributed by atoms with Crippen molar-refractivity contribution >= 4 is 28.9 Å². The summed E-state index contributed by atoms with van der Waals surface area (Å²) >= 11 is 1.21. The second kappa shape index (κ2) is 7.63. The topological polar surface area (TPSA) is 75.6 Å². The van der Waals surface area contributed by atoms with Crippen LogP contribution in [0.15, 0.2) is 65.4 Å². The predicted molar refractivity (Wildman–Crippen MR) is 97.3 cm³/mol. The fourth-order valence-corrected chi connectivity index (χ4v) is 3.02. The first-order chi connectivity index (χ1) is 12.1. The minimum atomic E-state index is -1.08. The van der Waals surface area contributed by atoms with Crippen LogP contribution in [0.25, 0.3) is 11.1 Å². The molecule has 6 heteroatoms. The molecule has 126 valence electrons. The summed E-state index contributed by atoms with van der Waals surface area (Å²) in [5, 5.41) is 14.6. The molecule has 1 heterocycles. The first-order valence-corrected chi connectivity index (χ1v) is 8.45.